The molecule has 1 aromatic carbocycles. The van der Waals surface area contributed by atoms with Crippen LogP contribution in [0, 0.1) is 0 Å². The highest BCUT2D eigenvalue weighted by Gasteiger charge is 2.37. The molecule has 0 bridgehead atoms. The molecular weight excluding hydrogens is 330 g/mol. The van der Waals surface area contributed by atoms with Gasteiger partial charge < -0.3 is 15.7 Å². The number of benzene rings is 1. The fourth-order valence-electron chi connectivity index (χ4n) is 3.24. The first kappa shape index (κ1) is 16.7. The fourth-order valence-corrected chi connectivity index (χ4v) is 3.45. The van der Waals surface area contributed by atoms with Crippen molar-refractivity contribution in [2.75, 3.05) is 13.1 Å². The van der Waals surface area contributed by atoms with Crippen molar-refractivity contribution in [3.8, 4) is 0 Å². The van der Waals surface area contributed by atoms with Crippen molar-refractivity contribution in [3.05, 3.63) is 41.0 Å². The first-order valence-corrected chi connectivity index (χ1v) is 8.11. The SMILES string of the molecule is NC(=O)CC1(O)CCCN(C(=O)c2ccc(Cl)c3cccnc23)C1. The number of halogens is 1. The molecule has 3 N–H and O–H groups in total. The molecule has 1 aliphatic heterocycles. The number of nitrogens with two attached hydrogens (primary N) is 1. The van der Waals surface area contributed by atoms with Crippen LogP contribution >= 0.6 is 11.6 Å². The largest absolute Gasteiger partial charge is 0.388 e. The van der Waals surface area contributed by atoms with Gasteiger partial charge >= 0.3 is 0 Å². The van der Waals surface area contributed by atoms with Gasteiger partial charge in [0.25, 0.3) is 5.91 Å². The van der Waals surface area contributed by atoms with Crippen molar-refractivity contribution in [3.63, 3.8) is 0 Å². The zero-order valence-corrected chi connectivity index (χ0v) is 13.8. The van der Waals surface area contributed by atoms with Crippen molar-refractivity contribution >= 4 is 34.3 Å². The van der Waals surface area contributed by atoms with Crippen LogP contribution in [0.2, 0.25) is 5.02 Å². The molecule has 24 heavy (non-hydrogen) atoms. The molecule has 1 atom stereocenters. The van der Waals surface area contributed by atoms with Crippen LogP contribution in [0.3, 0.4) is 0 Å². The first-order valence-electron chi connectivity index (χ1n) is 7.73. The van der Waals surface area contributed by atoms with Crippen LogP contribution in [-0.4, -0.2) is 45.5 Å². The van der Waals surface area contributed by atoms with Gasteiger partial charge in [-0.25, -0.2) is 0 Å². The van der Waals surface area contributed by atoms with E-state index in [1.807, 2.05) is 0 Å². The predicted octanol–water partition coefficient (Wildman–Crippen LogP) is 1.73. The number of nitrogens with zero attached hydrogens (tertiary/aromatic N) is 2. The van der Waals surface area contributed by atoms with Crippen molar-refractivity contribution in [2.24, 2.45) is 5.73 Å². The summed E-state index contributed by atoms with van der Waals surface area (Å²) in [6.07, 6.45) is 2.50. The Balaban J connectivity index is 1.92. The average molecular weight is 348 g/mol. The number of fused-ring (bicyclic) bond motifs is 1. The number of likely N-dealkylation sites (tertiary alicyclic amines) is 1. The van der Waals surface area contributed by atoms with E-state index < -0.39 is 11.5 Å². The molecular formula is C17H18ClN3O3. The summed E-state index contributed by atoms with van der Waals surface area (Å²) in [5.74, 6) is -0.816. The lowest BCUT2D eigenvalue weighted by Crippen LogP contribution is -2.51. The van der Waals surface area contributed by atoms with Crippen molar-refractivity contribution in [1.82, 2.24) is 9.88 Å². The van der Waals surface area contributed by atoms with Gasteiger partial charge in [0.2, 0.25) is 5.91 Å². The number of carbonyl (C=O) groups is 2. The summed E-state index contributed by atoms with van der Waals surface area (Å²) in [4.78, 5) is 29.9. The van der Waals surface area contributed by atoms with Crippen LogP contribution in [0.5, 0.6) is 0 Å². The molecule has 1 aliphatic rings. The van der Waals surface area contributed by atoms with Gasteiger partial charge in [-0.1, -0.05) is 11.6 Å². The summed E-state index contributed by atoms with van der Waals surface area (Å²) in [5.41, 5.74) is 4.89. The van der Waals surface area contributed by atoms with E-state index in [4.69, 9.17) is 17.3 Å². The lowest BCUT2D eigenvalue weighted by Gasteiger charge is -2.38. The zero-order chi connectivity index (χ0) is 17.3. The minimum atomic E-state index is -1.27. The van der Waals surface area contributed by atoms with E-state index in [1.165, 1.54) is 0 Å². The van der Waals surface area contributed by atoms with Crippen LogP contribution in [0.4, 0.5) is 0 Å². The molecule has 1 fully saturated rings. The third kappa shape index (κ3) is 3.20. The van der Waals surface area contributed by atoms with Gasteiger partial charge in [0.05, 0.1) is 34.7 Å². The molecule has 1 unspecified atom stereocenters. The molecule has 2 aromatic rings. The number of amides is 2. The average Bonchev–Trinajstić information content (AvgIpc) is 2.54. The molecule has 0 spiro atoms. The number of pyridine rings is 1. The molecule has 1 saturated heterocycles. The van der Waals surface area contributed by atoms with Gasteiger partial charge in [-0.15, -0.1) is 0 Å². The van der Waals surface area contributed by atoms with Crippen molar-refractivity contribution < 1.29 is 14.7 Å². The van der Waals surface area contributed by atoms with E-state index >= 15 is 0 Å². The van der Waals surface area contributed by atoms with Crippen molar-refractivity contribution in [1.29, 1.82) is 0 Å². The minimum absolute atomic E-state index is 0.0751. The Morgan fingerprint density at radius 2 is 2.17 bits per heavy atom. The highest BCUT2D eigenvalue weighted by Crippen LogP contribution is 2.29. The molecule has 0 saturated carbocycles. The predicted molar refractivity (Wildman–Crippen MR) is 90.7 cm³/mol. The zero-order valence-electron chi connectivity index (χ0n) is 13.0. The molecule has 3 rings (SSSR count). The maximum atomic E-state index is 12.9. The van der Waals surface area contributed by atoms with E-state index in [1.54, 1.807) is 35.4 Å². The second-order valence-corrected chi connectivity index (χ2v) is 6.60. The lowest BCUT2D eigenvalue weighted by atomic mass is 9.89. The lowest BCUT2D eigenvalue weighted by molar-refractivity contribution is -0.125. The van der Waals surface area contributed by atoms with Gasteiger partial charge in [0, 0.05) is 18.1 Å². The Hall–Kier alpha value is -2.18. The normalized spacial score (nSPS) is 21.0. The molecule has 126 valence electrons. The summed E-state index contributed by atoms with van der Waals surface area (Å²) in [5, 5.41) is 11.8. The molecule has 6 nitrogen and oxygen atoms in total. The monoisotopic (exact) mass is 347 g/mol. The number of hydrogen-bond acceptors (Lipinski definition) is 4. The molecule has 7 heteroatoms. The second-order valence-electron chi connectivity index (χ2n) is 6.19. The van der Waals surface area contributed by atoms with E-state index in [-0.39, 0.29) is 18.9 Å². The summed E-state index contributed by atoms with van der Waals surface area (Å²) < 4.78 is 0. The van der Waals surface area contributed by atoms with Crippen LogP contribution < -0.4 is 5.73 Å². The fraction of sp³-hybridized carbons (Fsp3) is 0.353. The summed E-state index contributed by atoms with van der Waals surface area (Å²) in [6, 6.07) is 6.87. The number of β-amino-alcohol motifs (C(OH)–C–C–N with tert-alkyl or cyclic N) is 1. The van der Waals surface area contributed by atoms with Gasteiger partial charge in [-0.05, 0) is 37.1 Å². The van der Waals surface area contributed by atoms with Crippen LogP contribution in [0.15, 0.2) is 30.5 Å². The molecule has 0 aliphatic carbocycles. The van der Waals surface area contributed by atoms with Crippen LogP contribution in [-0.2, 0) is 4.79 Å². The van der Waals surface area contributed by atoms with Crippen LogP contribution in [0.1, 0.15) is 29.6 Å². The number of rotatable bonds is 3. The minimum Gasteiger partial charge on any atom is -0.388 e. The second kappa shape index (κ2) is 6.37. The summed E-state index contributed by atoms with van der Waals surface area (Å²) in [6.45, 7) is 0.586. The molecule has 1 aromatic heterocycles. The maximum Gasteiger partial charge on any atom is 0.256 e. The standard InChI is InChI=1S/C17H18ClN3O3/c18-13-5-4-12(15-11(13)3-1-7-20-15)16(23)21-8-2-6-17(24,10-21)9-14(19)22/h1,3-5,7,24H,2,6,8-10H2,(H2,19,22). The highest BCUT2D eigenvalue weighted by molar-refractivity contribution is 6.36. The van der Waals surface area contributed by atoms with E-state index in [9.17, 15) is 14.7 Å². The molecule has 2 heterocycles. The van der Waals surface area contributed by atoms with Gasteiger partial charge in [0.1, 0.15) is 0 Å². The highest BCUT2D eigenvalue weighted by atomic mass is 35.5. The number of aliphatic hydroxyl groups is 1. The Kier molecular flexibility index (Phi) is 4.43. The van der Waals surface area contributed by atoms with Crippen molar-refractivity contribution in [2.45, 2.75) is 24.9 Å². The maximum absolute atomic E-state index is 12.9. The number of aromatic nitrogens is 1. The Morgan fingerprint density at radius 1 is 1.38 bits per heavy atom. The summed E-state index contributed by atoms with van der Waals surface area (Å²) >= 11 is 6.17. The topological polar surface area (TPSA) is 96.5 Å². The Bertz CT molecular complexity index is 811. The Morgan fingerprint density at radius 3 is 2.92 bits per heavy atom. The quantitative estimate of drug-likeness (QED) is 0.883. The van der Waals surface area contributed by atoms with E-state index in [0.29, 0.717) is 40.9 Å². The third-order valence-corrected chi connectivity index (χ3v) is 4.62. The molecule has 0 radical (unpaired) electrons. The third-order valence-electron chi connectivity index (χ3n) is 4.29. The Labute approximate surface area is 144 Å². The molecule has 2 amide bonds. The van der Waals surface area contributed by atoms with Gasteiger partial charge in [0.15, 0.2) is 0 Å². The first-order chi connectivity index (χ1) is 11.4. The number of hydrogen-bond donors (Lipinski definition) is 2. The van der Waals surface area contributed by atoms with E-state index in [2.05, 4.69) is 4.98 Å². The number of piperidine rings is 1. The van der Waals surface area contributed by atoms with Gasteiger partial charge in [-0.2, -0.15) is 0 Å². The number of carbonyl (C=O) groups excluding carboxylic acids is 2. The number of primary amides is 1. The summed E-state index contributed by atoms with van der Waals surface area (Å²) in [7, 11) is 0. The van der Waals surface area contributed by atoms with E-state index in [0.717, 1.165) is 0 Å². The smallest absolute Gasteiger partial charge is 0.256 e. The van der Waals surface area contributed by atoms with Gasteiger partial charge in [-0.3, -0.25) is 14.6 Å². The van der Waals surface area contributed by atoms with Crippen LogP contribution in [0.25, 0.3) is 10.9 Å².